The van der Waals surface area contributed by atoms with Gasteiger partial charge in [-0.05, 0) is 12.1 Å². The number of rotatable bonds is 0. The Morgan fingerprint density at radius 2 is 2.09 bits per heavy atom. The number of pyridine rings is 2. The van der Waals surface area contributed by atoms with Crippen molar-refractivity contribution < 1.29 is 5.11 Å². The minimum Gasteiger partial charge on any atom is -0.507 e. The number of hydrogen-bond acceptors (Lipinski definition) is 3. The molecule has 3 heteroatoms. The molecule has 1 N–H and O–H groups in total. The number of aromatic hydroxyl groups is 1. The van der Waals surface area contributed by atoms with Gasteiger partial charge in [-0.3, -0.25) is 9.97 Å². The average Bonchev–Trinajstić information content (AvgIpc) is 2.06. The minimum atomic E-state index is 0.225. The minimum absolute atomic E-state index is 0.225. The van der Waals surface area contributed by atoms with Crippen molar-refractivity contribution in [1.82, 2.24) is 9.97 Å². The molecule has 0 saturated carbocycles. The van der Waals surface area contributed by atoms with Gasteiger partial charge in [0.2, 0.25) is 0 Å². The molecule has 2 rings (SSSR count). The van der Waals surface area contributed by atoms with Crippen LogP contribution in [-0.4, -0.2) is 15.1 Å². The third kappa shape index (κ3) is 0.902. The highest BCUT2D eigenvalue weighted by Crippen LogP contribution is 2.19. The maximum Gasteiger partial charge on any atom is 0.128 e. The molecule has 0 saturated heterocycles. The first-order valence-electron chi connectivity index (χ1n) is 3.25. The van der Waals surface area contributed by atoms with E-state index in [4.69, 9.17) is 0 Å². The van der Waals surface area contributed by atoms with Crippen LogP contribution < -0.4 is 0 Å². The second-order valence-corrected chi connectivity index (χ2v) is 2.22. The lowest BCUT2D eigenvalue weighted by Crippen LogP contribution is -1.78. The van der Waals surface area contributed by atoms with Crippen molar-refractivity contribution >= 4 is 10.9 Å². The summed E-state index contributed by atoms with van der Waals surface area (Å²) in [5.41, 5.74) is 0.764. The van der Waals surface area contributed by atoms with Crippen LogP contribution in [0.2, 0.25) is 0 Å². The second-order valence-electron chi connectivity index (χ2n) is 2.22. The van der Waals surface area contributed by atoms with Gasteiger partial charge in [-0.2, -0.15) is 0 Å². The first-order valence-corrected chi connectivity index (χ1v) is 3.25. The van der Waals surface area contributed by atoms with Crippen molar-refractivity contribution in [2.24, 2.45) is 0 Å². The summed E-state index contributed by atoms with van der Waals surface area (Å²) in [4.78, 5) is 7.92. The van der Waals surface area contributed by atoms with Gasteiger partial charge in [0.15, 0.2) is 0 Å². The molecule has 0 aliphatic rings. The van der Waals surface area contributed by atoms with Gasteiger partial charge in [-0.25, -0.2) is 0 Å². The van der Waals surface area contributed by atoms with Crippen molar-refractivity contribution in [3.63, 3.8) is 0 Å². The summed E-state index contributed by atoms with van der Waals surface area (Å²) in [6, 6.07) is 3.30. The predicted molar refractivity (Wildman–Crippen MR) is 41.2 cm³/mol. The van der Waals surface area contributed by atoms with Crippen LogP contribution in [0.1, 0.15) is 0 Å². The van der Waals surface area contributed by atoms with E-state index in [1.807, 2.05) is 0 Å². The molecule has 0 atom stereocenters. The van der Waals surface area contributed by atoms with Gasteiger partial charge in [0.1, 0.15) is 5.75 Å². The molecule has 0 spiro atoms. The molecule has 54 valence electrons. The Kier molecular flexibility index (Phi) is 1.22. The second kappa shape index (κ2) is 2.20. The van der Waals surface area contributed by atoms with Crippen LogP contribution in [0.5, 0.6) is 5.75 Å². The lowest BCUT2D eigenvalue weighted by atomic mass is 10.2. The summed E-state index contributed by atoms with van der Waals surface area (Å²) in [6.45, 7) is 0. The van der Waals surface area contributed by atoms with E-state index in [9.17, 15) is 5.11 Å². The SMILES string of the molecule is Oc1ccnc2ccncc12. The molecule has 0 bridgehead atoms. The van der Waals surface area contributed by atoms with Crippen LogP contribution in [0.25, 0.3) is 10.9 Å². The van der Waals surface area contributed by atoms with E-state index in [1.54, 1.807) is 30.7 Å². The van der Waals surface area contributed by atoms with Crippen molar-refractivity contribution in [3.8, 4) is 5.75 Å². The van der Waals surface area contributed by atoms with E-state index in [0.29, 0.717) is 5.39 Å². The van der Waals surface area contributed by atoms with Crippen LogP contribution in [-0.2, 0) is 0 Å². The molecule has 3 nitrogen and oxygen atoms in total. The van der Waals surface area contributed by atoms with E-state index in [-0.39, 0.29) is 5.75 Å². The lowest BCUT2D eigenvalue weighted by Gasteiger charge is -1.96. The van der Waals surface area contributed by atoms with Gasteiger partial charge in [0, 0.05) is 18.6 Å². The Balaban J connectivity index is 2.91. The first kappa shape index (κ1) is 6.09. The van der Waals surface area contributed by atoms with Gasteiger partial charge in [0.05, 0.1) is 10.9 Å². The molecule has 2 heterocycles. The Hall–Kier alpha value is -1.64. The zero-order valence-electron chi connectivity index (χ0n) is 5.73. The van der Waals surface area contributed by atoms with Crippen LogP contribution in [0, 0.1) is 0 Å². The highest BCUT2D eigenvalue weighted by Gasteiger charge is 1.96. The molecular weight excluding hydrogens is 140 g/mol. The average molecular weight is 146 g/mol. The normalized spacial score (nSPS) is 10.2. The van der Waals surface area contributed by atoms with E-state index in [2.05, 4.69) is 9.97 Å². The summed E-state index contributed by atoms with van der Waals surface area (Å²) < 4.78 is 0. The zero-order chi connectivity index (χ0) is 7.68. The van der Waals surface area contributed by atoms with Crippen LogP contribution in [0.4, 0.5) is 0 Å². The van der Waals surface area contributed by atoms with Crippen molar-refractivity contribution in [1.29, 1.82) is 0 Å². The molecule has 0 radical (unpaired) electrons. The fourth-order valence-electron chi connectivity index (χ4n) is 0.975. The Labute approximate surface area is 63.3 Å². The summed E-state index contributed by atoms with van der Waals surface area (Å²) >= 11 is 0. The van der Waals surface area contributed by atoms with Crippen molar-refractivity contribution in [3.05, 3.63) is 30.7 Å². The summed E-state index contributed by atoms with van der Waals surface area (Å²) in [6.07, 6.45) is 4.81. The Morgan fingerprint density at radius 3 is 2.91 bits per heavy atom. The number of fused-ring (bicyclic) bond motifs is 1. The molecule has 2 aromatic rings. The molecule has 0 unspecified atom stereocenters. The summed E-state index contributed by atoms with van der Waals surface area (Å²) in [5.74, 6) is 0.225. The van der Waals surface area contributed by atoms with Gasteiger partial charge >= 0.3 is 0 Å². The van der Waals surface area contributed by atoms with E-state index < -0.39 is 0 Å². The maximum absolute atomic E-state index is 9.29. The molecule has 11 heavy (non-hydrogen) atoms. The van der Waals surface area contributed by atoms with Gasteiger partial charge in [-0.1, -0.05) is 0 Å². The van der Waals surface area contributed by atoms with Gasteiger partial charge in [-0.15, -0.1) is 0 Å². The standard InChI is InChI=1S/C8H6N2O/c11-8-2-4-10-7-1-3-9-5-6(7)8/h1-5H,(H,10,11). The Morgan fingerprint density at radius 1 is 1.18 bits per heavy atom. The molecule has 2 aromatic heterocycles. The van der Waals surface area contributed by atoms with Gasteiger partial charge < -0.3 is 5.11 Å². The lowest BCUT2D eigenvalue weighted by molar-refractivity contribution is 0.481. The highest BCUT2D eigenvalue weighted by atomic mass is 16.3. The summed E-state index contributed by atoms with van der Waals surface area (Å²) in [5, 5.41) is 9.98. The molecule has 0 aliphatic heterocycles. The summed E-state index contributed by atoms with van der Waals surface area (Å²) in [7, 11) is 0. The van der Waals surface area contributed by atoms with E-state index in [0.717, 1.165) is 5.52 Å². The smallest absolute Gasteiger partial charge is 0.128 e. The number of aromatic nitrogens is 2. The molecular formula is C8H6N2O. The quantitative estimate of drug-likeness (QED) is 0.610. The number of hydrogen-bond donors (Lipinski definition) is 1. The monoisotopic (exact) mass is 146 g/mol. The topological polar surface area (TPSA) is 46.0 Å². The van der Waals surface area contributed by atoms with Crippen LogP contribution in [0.15, 0.2) is 30.7 Å². The first-order chi connectivity index (χ1) is 5.38. The van der Waals surface area contributed by atoms with Crippen molar-refractivity contribution in [2.45, 2.75) is 0 Å². The third-order valence-electron chi connectivity index (χ3n) is 1.52. The largest absolute Gasteiger partial charge is 0.507 e. The predicted octanol–water partition coefficient (Wildman–Crippen LogP) is 1.34. The van der Waals surface area contributed by atoms with Crippen LogP contribution >= 0.6 is 0 Å². The molecule has 0 amide bonds. The fraction of sp³-hybridized carbons (Fsp3) is 0. The van der Waals surface area contributed by atoms with E-state index in [1.165, 1.54) is 0 Å². The molecule has 0 aliphatic carbocycles. The Bertz CT molecular complexity index is 381. The van der Waals surface area contributed by atoms with Crippen molar-refractivity contribution in [2.75, 3.05) is 0 Å². The number of nitrogens with zero attached hydrogens (tertiary/aromatic N) is 2. The van der Waals surface area contributed by atoms with Gasteiger partial charge in [0.25, 0.3) is 0 Å². The zero-order valence-corrected chi connectivity index (χ0v) is 5.73. The third-order valence-corrected chi connectivity index (χ3v) is 1.52. The fourth-order valence-corrected chi connectivity index (χ4v) is 0.975. The highest BCUT2D eigenvalue weighted by molar-refractivity contribution is 5.83. The van der Waals surface area contributed by atoms with Crippen LogP contribution in [0.3, 0.4) is 0 Å². The molecule has 0 aromatic carbocycles. The van der Waals surface area contributed by atoms with E-state index >= 15 is 0 Å². The maximum atomic E-state index is 9.29. The molecule has 0 fully saturated rings.